The van der Waals surface area contributed by atoms with Crippen molar-refractivity contribution in [2.75, 3.05) is 0 Å². The Morgan fingerprint density at radius 1 is 1.18 bits per heavy atom. The number of nitrogens with zero attached hydrogens (tertiary/aromatic N) is 2. The fourth-order valence-corrected chi connectivity index (χ4v) is 3.46. The summed E-state index contributed by atoms with van der Waals surface area (Å²) >= 11 is 1.78. The third-order valence-electron chi connectivity index (χ3n) is 3.63. The first-order valence-electron chi connectivity index (χ1n) is 6.52. The lowest BCUT2D eigenvalue weighted by Gasteiger charge is -2.18. The molecule has 0 saturated heterocycles. The summed E-state index contributed by atoms with van der Waals surface area (Å²) in [6.45, 7) is 0. The minimum Gasteiger partial charge on any atom is -0.327 e. The largest absolute Gasteiger partial charge is 0.327 e. The van der Waals surface area contributed by atoms with Gasteiger partial charge in [-0.3, -0.25) is 0 Å². The van der Waals surface area contributed by atoms with Crippen molar-refractivity contribution < 1.29 is 0 Å². The molecule has 0 amide bonds. The van der Waals surface area contributed by atoms with E-state index in [0.29, 0.717) is 6.04 Å². The van der Waals surface area contributed by atoms with Crippen LogP contribution in [0.1, 0.15) is 44.6 Å². The highest BCUT2D eigenvalue weighted by atomic mass is 32.1. The van der Waals surface area contributed by atoms with Gasteiger partial charge in [-0.05, 0) is 24.3 Å². The topological polar surface area (TPSA) is 17.8 Å². The Morgan fingerprint density at radius 3 is 2.71 bits per heavy atom. The van der Waals surface area contributed by atoms with Gasteiger partial charge in [-0.25, -0.2) is 4.98 Å². The molecule has 0 aliphatic heterocycles. The molecule has 3 rings (SSSR count). The maximum atomic E-state index is 4.54. The lowest BCUT2D eigenvalue weighted by molar-refractivity contribution is 0.448. The quantitative estimate of drug-likeness (QED) is 0.713. The van der Waals surface area contributed by atoms with Crippen molar-refractivity contribution in [1.82, 2.24) is 9.55 Å². The molecule has 90 valence electrons. The lowest BCUT2D eigenvalue weighted by atomic mass is 10.1. The van der Waals surface area contributed by atoms with E-state index in [1.54, 1.807) is 11.3 Å². The molecule has 0 spiro atoms. The summed E-state index contributed by atoms with van der Waals surface area (Å²) in [7, 11) is 0. The van der Waals surface area contributed by atoms with Crippen molar-refractivity contribution in [2.24, 2.45) is 0 Å². The first-order valence-corrected chi connectivity index (χ1v) is 7.40. The zero-order valence-corrected chi connectivity index (χ0v) is 10.8. The first-order chi connectivity index (χ1) is 8.45. The van der Waals surface area contributed by atoms with Crippen LogP contribution >= 0.6 is 11.3 Å². The molecule has 2 aromatic rings. The summed E-state index contributed by atoms with van der Waals surface area (Å²) in [6, 6.07) is 4.93. The number of hydrogen-bond acceptors (Lipinski definition) is 2. The third-order valence-corrected chi connectivity index (χ3v) is 4.49. The van der Waals surface area contributed by atoms with Crippen molar-refractivity contribution in [3.63, 3.8) is 0 Å². The number of aromatic nitrogens is 2. The van der Waals surface area contributed by atoms with Gasteiger partial charge in [0.25, 0.3) is 0 Å². The van der Waals surface area contributed by atoms with Gasteiger partial charge in [-0.2, -0.15) is 0 Å². The van der Waals surface area contributed by atoms with Crippen molar-refractivity contribution in [3.8, 4) is 10.7 Å². The van der Waals surface area contributed by atoms with Crippen LogP contribution < -0.4 is 0 Å². The summed E-state index contributed by atoms with van der Waals surface area (Å²) in [5.41, 5.74) is 0. The van der Waals surface area contributed by atoms with Crippen LogP contribution in [0.4, 0.5) is 0 Å². The fraction of sp³-hybridized carbons (Fsp3) is 0.500. The molecule has 0 radical (unpaired) electrons. The molecular formula is C14H18N2S. The molecule has 0 bridgehead atoms. The highest BCUT2D eigenvalue weighted by Gasteiger charge is 2.17. The second-order valence-corrected chi connectivity index (χ2v) is 5.73. The number of rotatable bonds is 2. The third kappa shape index (κ3) is 2.29. The van der Waals surface area contributed by atoms with Crippen molar-refractivity contribution in [3.05, 3.63) is 29.9 Å². The fourth-order valence-electron chi connectivity index (χ4n) is 2.74. The molecule has 2 heterocycles. The van der Waals surface area contributed by atoms with Crippen LogP contribution in [0.15, 0.2) is 29.9 Å². The second kappa shape index (κ2) is 5.05. The minimum atomic E-state index is 0.664. The van der Waals surface area contributed by atoms with Gasteiger partial charge >= 0.3 is 0 Å². The highest BCUT2D eigenvalue weighted by Crippen LogP contribution is 2.32. The average Bonchev–Trinajstić information content (AvgIpc) is 2.95. The molecular weight excluding hydrogens is 228 g/mol. The molecule has 2 nitrogen and oxygen atoms in total. The van der Waals surface area contributed by atoms with Gasteiger partial charge < -0.3 is 4.57 Å². The molecule has 1 saturated carbocycles. The van der Waals surface area contributed by atoms with E-state index in [4.69, 9.17) is 0 Å². The summed E-state index contributed by atoms with van der Waals surface area (Å²) < 4.78 is 2.40. The zero-order valence-electron chi connectivity index (χ0n) is 10.0. The molecule has 1 aliphatic rings. The molecule has 0 unspecified atom stereocenters. The van der Waals surface area contributed by atoms with Crippen LogP contribution in [0.2, 0.25) is 0 Å². The Morgan fingerprint density at radius 2 is 2.00 bits per heavy atom. The Balaban J connectivity index is 1.90. The maximum Gasteiger partial charge on any atom is 0.150 e. The van der Waals surface area contributed by atoms with E-state index in [1.807, 2.05) is 6.20 Å². The standard InChI is InChI=1S/C14H18N2S/c1-2-4-7-12(6-3-1)16-10-9-15-14(16)13-8-5-11-17-13/h5,8-12H,1-4,6-7H2. The van der Waals surface area contributed by atoms with Gasteiger partial charge in [0.15, 0.2) is 0 Å². The van der Waals surface area contributed by atoms with Crippen LogP contribution in [0.25, 0.3) is 10.7 Å². The van der Waals surface area contributed by atoms with E-state index in [-0.39, 0.29) is 0 Å². The van der Waals surface area contributed by atoms with E-state index in [0.717, 1.165) is 5.82 Å². The predicted octanol–water partition coefficient (Wildman–Crippen LogP) is 4.51. The summed E-state index contributed by atoms with van der Waals surface area (Å²) in [5.74, 6) is 1.16. The smallest absolute Gasteiger partial charge is 0.150 e. The number of thiophene rings is 1. The number of hydrogen-bond donors (Lipinski definition) is 0. The van der Waals surface area contributed by atoms with Crippen molar-refractivity contribution in [2.45, 2.75) is 44.6 Å². The van der Waals surface area contributed by atoms with Crippen LogP contribution in [0.3, 0.4) is 0 Å². The summed E-state index contributed by atoms with van der Waals surface area (Å²) in [6.07, 6.45) is 12.3. The van der Waals surface area contributed by atoms with Gasteiger partial charge in [0.2, 0.25) is 0 Å². The van der Waals surface area contributed by atoms with Gasteiger partial charge in [-0.15, -0.1) is 11.3 Å². The lowest BCUT2D eigenvalue weighted by Crippen LogP contribution is -2.08. The van der Waals surface area contributed by atoms with Gasteiger partial charge in [0.1, 0.15) is 5.82 Å². The van der Waals surface area contributed by atoms with E-state index in [1.165, 1.54) is 43.4 Å². The van der Waals surface area contributed by atoms with E-state index in [2.05, 4.69) is 33.3 Å². The van der Waals surface area contributed by atoms with Crippen LogP contribution in [0, 0.1) is 0 Å². The Kier molecular flexibility index (Phi) is 3.27. The predicted molar refractivity (Wildman–Crippen MR) is 72.3 cm³/mol. The average molecular weight is 246 g/mol. The molecule has 1 fully saturated rings. The monoisotopic (exact) mass is 246 g/mol. The first kappa shape index (κ1) is 11.0. The minimum absolute atomic E-state index is 0.664. The summed E-state index contributed by atoms with van der Waals surface area (Å²) in [4.78, 5) is 5.83. The van der Waals surface area contributed by atoms with E-state index >= 15 is 0 Å². The van der Waals surface area contributed by atoms with Gasteiger partial charge in [0, 0.05) is 18.4 Å². The molecule has 0 N–H and O–H groups in total. The Labute approximate surface area is 106 Å². The molecule has 2 aromatic heterocycles. The zero-order chi connectivity index (χ0) is 11.5. The Hall–Kier alpha value is -1.09. The molecule has 1 aliphatic carbocycles. The molecule has 17 heavy (non-hydrogen) atoms. The Bertz CT molecular complexity index is 450. The van der Waals surface area contributed by atoms with E-state index < -0.39 is 0 Å². The normalized spacial score (nSPS) is 18.1. The van der Waals surface area contributed by atoms with Crippen molar-refractivity contribution >= 4 is 11.3 Å². The highest BCUT2D eigenvalue weighted by molar-refractivity contribution is 7.13. The maximum absolute atomic E-state index is 4.54. The van der Waals surface area contributed by atoms with Crippen molar-refractivity contribution in [1.29, 1.82) is 0 Å². The molecule has 0 aromatic carbocycles. The summed E-state index contributed by atoms with van der Waals surface area (Å²) in [5, 5.41) is 2.13. The molecule has 3 heteroatoms. The van der Waals surface area contributed by atoms with Gasteiger partial charge in [-0.1, -0.05) is 31.7 Å². The van der Waals surface area contributed by atoms with E-state index in [9.17, 15) is 0 Å². The molecule has 0 atom stereocenters. The number of imidazole rings is 1. The van der Waals surface area contributed by atoms with Crippen LogP contribution in [0.5, 0.6) is 0 Å². The van der Waals surface area contributed by atoms with Crippen LogP contribution in [-0.4, -0.2) is 9.55 Å². The second-order valence-electron chi connectivity index (χ2n) is 4.78. The van der Waals surface area contributed by atoms with Gasteiger partial charge in [0.05, 0.1) is 4.88 Å². The van der Waals surface area contributed by atoms with Crippen LogP contribution in [-0.2, 0) is 0 Å². The SMILES string of the molecule is c1csc(-c2nccn2C2CCCCCC2)c1.